The number of aryl methyl sites for hydroxylation is 1. The first-order chi connectivity index (χ1) is 12.7. The second-order valence-corrected chi connectivity index (χ2v) is 6.61. The number of alkyl halides is 3. The number of hydrogen-bond donors (Lipinski definition) is 1. The van der Waals surface area contributed by atoms with Crippen LogP contribution in [0.1, 0.15) is 11.4 Å². The maximum atomic E-state index is 13.0. The number of anilines is 1. The topological polar surface area (TPSA) is 69.0 Å². The largest absolute Gasteiger partial charge is 0.467 e. The third-order valence-electron chi connectivity index (χ3n) is 3.29. The molecule has 1 aromatic carbocycles. The van der Waals surface area contributed by atoms with E-state index in [4.69, 9.17) is 16.3 Å². The molecule has 1 N–H and O–H groups in total. The average molecular weight is 417 g/mol. The quantitative estimate of drug-likeness (QED) is 0.672. The van der Waals surface area contributed by atoms with Crippen LogP contribution in [0.5, 0.6) is 5.88 Å². The van der Waals surface area contributed by atoms with E-state index in [1.165, 1.54) is 12.1 Å². The summed E-state index contributed by atoms with van der Waals surface area (Å²) in [6, 6.07) is 8.60. The highest BCUT2D eigenvalue weighted by atomic mass is 35.5. The summed E-state index contributed by atoms with van der Waals surface area (Å²) in [5.74, 6) is -0.801. The highest BCUT2D eigenvalue weighted by Crippen LogP contribution is 2.33. The van der Waals surface area contributed by atoms with Gasteiger partial charge in [-0.15, -0.1) is 0 Å². The summed E-state index contributed by atoms with van der Waals surface area (Å²) in [6.45, 7) is 1.26. The molecule has 0 fully saturated rings. The summed E-state index contributed by atoms with van der Waals surface area (Å²) in [7, 11) is 0. The predicted octanol–water partition coefficient (Wildman–Crippen LogP) is 4.33. The van der Waals surface area contributed by atoms with Crippen molar-refractivity contribution in [1.29, 1.82) is 0 Å². The van der Waals surface area contributed by atoms with Crippen molar-refractivity contribution < 1.29 is 22.7 Å². The summed E-state index contributed by atoms with van der Waals surface area (Å²) in [5, 5.41) is 6.77. The lowest BCUT2D eigenvalue weighted by Crippen LogP contribution is -2.20. The van der Waals surface area contributed by atoms with Crippen LogP contribution in [0.3, 0.4) is 0 Å². The van der Waals surface area contributed by atoms with Gasteiger partial charge in [0.2, 0.25) is 5.88 Å². The number of carbonyl (C=O) groups excluding carboxylic acids is 1. The number of amides is 1. The molecule has 0 aliphatic heterocycles. The Morgan fingerprint density at radius 3 is 2.70 bits per heavy atom. The minimum absolute atomic E-state index is 0.184. The van der Waals surface area contributed by atoms with Crippen LogP contribution in [-0.2, 0) is 11.0 Å². The third-order valence-corrected chi connectivity index (χ3v) is 4.40. The van der Waals surface area contributed by atoms with E-state index in [2.05, 4.69) is 14.8 Å². The van der Waals surface area contributed by atoms with E-state index in [0.717, 1.165) is 21.9 Å². The van der Waals surface area contributed by atoms with Gasteiger partial charge in [-0.1, -0.05) is 23.7 Å². The molecular formula is C16H12ClF3N4O2S. The molecule has 0 saturated heterocycles. The summed E-state index contributed by atoms with van der Waals surface area (Å²) in [6.07, 6.45) is -4.67. The lowest BCUT2D eigenvalue weighted by Gasteiger charge is -2.10. The molecule has 6 nitrogen and oxygen atoms in total. The molecule has 0 radical (unpaired) electrons. The number of benzene rings is 1. The van der Waals surface area contributed by atoms with Crippen molar-refractivity contribution in [1.82, 2.24) is 14.2 Å². The molecular weight excluding hydrogens is 405 g/mol. The van der Waals surface area contributed by atoms with Gasteiger partial charge in [-0.05, 0) is 36.7 Å². The first kappa shape index (κ1) is 19.2. The maximum Gasteiger partial charge on any atom is 0.435 e. The first-order valence-electron chi connectivity index (χ1n) is 7.52. The van der Waals surface area contributed by atoms with Crippen molar-refractivity contribution in [3.8, 4) is 11.6 Å². The zero-order valence-corrected chi connectivity index (χ0v) is 15.3. The summed E-state index contributed by atoms with van der Waals surface area (Å²) >= 11 is 7.13. The fourth-order valence-corrected chi connectivity index (χ4v) is 3.03. The zero-order chi connectivity index (χ0) is 19.6. The lowest BCUT2D eigenvalue weighted by atomic mass is 10.3. The molecule has 142 valence electrons. The summed E-state index contributed by atoms with van der Waals surface area (Å²) in [4.78, 5) is 12.0. The summed E-state index contributed by atoms with van der Waals surface area (Å²) in [5.41, 5.74) is -0.220. The second kappa shape index (κ2) is 7.57. The first-order valence-corrected chi connectivity index (χ1v) is 8.67. The van der Waals surface area contributed by atoms with Gasteiger partial charge in [0.05, 0.1) is 16.4 Å². The van der Waals surface area contributed by atoms with Crippen LogP contribution >= 0.6 is 23.1 Å². The highest BCUT2D eigenvalue weighted by Gasteiger charge is 2.36. The molecule has 2 aromatic heterocycles. The Labute approximate surface area is 160 Å². The number of nitrogens with one attached hydrogen (secondary N) is 1. The van der Waals surface area contributed by atoms with Gasteiger partial charge in [0.25, 0.3) is 5.91 Å². The molecule has 0 aliphatic rings. The van der Waals surface area contributed by atoms with Crippen molar-refractivity contribution in [2.24, 2.45) is 0 Å². The fourth-order valence-electron chi connectivity index (χ4n) is 2.14. The van der Waals surface area contributed by atoms with E-state index in [0.29, 0.717) is 11.1 Å². The molecule has 0 aliphatic carbocycles. The molecule has 0 bridgehead atoms. The minimum atomic E-state index is -4.67. The fraction of sp³-hybridized carbons (Fsp3) is 0.188. The number of para-hydroxylation sites is 1. The molecule has 11 heteroatoms. The normalized spacial score (nSPS) is 11.4. The second-order valence-electron chi connectivity index (χ2n) is 5.40. The van der Waals surface area contributed by atoms with Crippen LogP contribution < -0.4 is 10.1 Å². The molecule has 1 amide bonds. The Balaban J connectivity index is 1.82. The minimum Gasteiger partial charge on any atom is -0.467 e. The molecule has 0 atom stereocenters. The predicted molar refractivity (Wildman–Crippen MR) is 94.6 cm³/mol. The van der Waals surface area contributed by atoms with E-state index in [-0.39, 0.29) is 16.6 Å². The average Bonchev–Trinajstić information content (AvgIpc) is 3.19. The number of carbonyl (C=O) groups is 1. The number of halogens is 4. The highest BCUT2D eigenvalue weighted by molar-refractivity contribution is 7.10. The van der Waals surface area contributed by atoms with Crippen molar-refractivity contribution >= 4 is 34.0 Å². The van der Waals surface area contributed by atoms with Gasteiger partial charge in [-0.3, -0.25) is 4.79 Å². The number of nitrogens with zero attached hydrogens (tertiary/aromatic N) is 3. The SMILES string of the molecule is Cc1cc(NC(=O)COc2cc(C(F)(F)F)nn2-c2ccccc2Cl)sn1. The third kappa shape index (κ3) is 4.58. The van der Waals surface area contributed by atoms with Crippen LogP contribution in [-0.4, -0.2) is 26.7 Å². The summed E-state index contributed by atoms with van der Waals surface area (Å²) < 4.78 is 49.3. The standard InChI is InChI=1S/C16H12ClF3N4O2S/c1-9-6-14(27-23-9)21-13(25)8-26-15-7-12(16(18,19)20)22-24(15)11-5-3-2-4-10(11)17/h2-7H,8H2,1H3,(H,21,25). The van der Waals surface area contributed by atoms with E-state index in [1.54, 1.807) is 25.1 Å². The molecule has 3 aromatic rings. The van der Waals surface area contributed by atoms with Gasteiger partial charge in [0.15, 0.2) is 12.3 Å². The van der Waals surface area contributed by atoms with Gasteiger partial charge in [0.1, 0.15) is 5.00 Å². The molecule has 3 rings (SSSR count). The Morgan fingerprint density at radius 2 is 2.07 bits per heavy atom. The van der Waals surface area contributed by atoms with Crippen molar-refractivity contribution in [2.45, 2.75) is 13.1 Å². The molecule has 27 heavy (non-hydrogen) atoms. The molecule has 2 heterocycles. The molecule has 0 spiro atoms. The van der Waals surface area contributed by atoms with Crippen molar-refractivity contribution in [3.05, 3.63) is 52.8 Å². The maximum absolute atomic E-state index is 13.0. The van der Waals surface area contributed by atoms with Gasteiger partial charge in [0, 0.05) is 6.07 Å². The lowest BCUT2D eigenvalue weighted by molar-refractivity contribution is -0.141. The Kier molecular flexibility index (Phi) is 5.38. The monoisotopic (exact) mass is 416 g/mol. The van der Waals surface area contributed by atoms with E-state index in [9.17, 15) is 18.0 Å². The van der Waals surface area contributed by atoms with Crippen LogP contribution in [0.15, 0.2) is 36.4 Å². The zero-order valence-electron chi connectivity index (χ0n) is 13.7. The van der Waals surface area contributed by atoms with Gasteiger partial charge in [-0.2, -0.15) is 27.3 Å². The van der Waals surface area contributed by atoms with Crippen LogP contribution in [0.4, 0.5) is 18.2 Å². The smallest absolute Gasteiger partial charge is 0.435 e. The van der Waals surface area contributed by atoms with Gasteiger partial charge in [-0.25, -0.2) is 0 Å². The Hall–Kier alpha value is -2.59. The number of rotatable bonds is 5. The van der Waals surface area contributed by atoms with E-state index >= 15 is 0 Å². The van der Waals surface area contributed by atoms with E-state index < -0.39 is 24.4 Å². The number of hydrogen-bond acceptors (Lipinski definition) is 5. The Bertz CT molecular complexity index is 971. The number of aromatic nitrogens is 3. The molecule has 0 saturated carbocycles. The van der Waals surface area contributed by atoms with E-state index in [1.807, 2.05) is 0 Å². The van der Waals surface area contributed by atoms with Crippen molar-refractivity contribution in [2.75, 3.05) is 11.9 Å². The van der Waals surface area contributed by atoms with Crippen LogP contribution in [0.25, 0.3) is 5.69 Å². The van der Waals surface area contributed by atoms with Crippen molar-refractivity contribution in [3.63, 3.8) is 0 Å². The van der Waals surface area contributed by atoms with Crippen LogP contribution in [0.2, 0.25) is 5.02 Å². The van der Waals surface area contributed by atoms with Gasteiger partial charge >= 0.3 is 6.18 Å². The number of ether oxygens (including phenoxy) is 1. The van der Waals surface area contributed by atoms with Crippen LogP contribution in [0, 0.1) is 6.92 Å². The van der Waals surface area contributed by atoms with Gasteiger partial charge < -0.3 is 10.1 Å². The molecule has 0 unspecified atom stereocenters. The Morgan fingerprint density at radius 1 is 1.33 bits per heavy atom.